The molecular weight excluding hydrogens is 248 g/mol. The van der Waals surface area contributed by atoms with Crippen molar-refractivity contribution in [3.8, 4) is 0 Å². The van der Waals surface area contributed by atoms with Gasteiger partial charge < -0.3 is 15.2 Å². The maximum atomic E-state index is 11.6. The first-order chi connectivity index (χ1) is 8.12. The van der Waals surface area contributed by atoms with Gasteiger partial charge in [-0.25, -0.2) is 4.79 Å². The minimum Gasteiger partial charge on any atom is -0.394 e. The number of amides is 2. The SMILES string of the molecule is CNC(=O)N(/C=C(/Cl)C=O)C1CCC(CO)O1. The molecule has 1 rings (SSSR count). The number of hydrogen-bond donors (Lipinski definition) is 2. The Morgan fingerprint density at radius 2 is 2.35 bits per heavy atom. The number of ether oxygens (including phenoxy) is 1. The Morgan fingerprint density at radius 3 is 2.82 bits per heavy atom. The van der Waals surface area contributed by atoms with E-state index in [-0.39, 0.29) is 17.7 Å². The summed E-state index contributed by atoms with van der Waals surface area (Å²) in [7, 11) is 1.47. The molecule has 17 heavy (non-hydrogen) atoms. The van der Waals surface area contributed by atoms with Gasteiger partial charge in [-0.15, -0.1) is 0 Å². The summed E-state index contributed by atoms with van der Waals surface area (Å²) in [5.74, 6) is 0. The van der Waals surface area contributed by atoms with Crippen molar-refractivity contribution in [2.24, 2.45) is 0 Å². The van der Waals surface area contributed by atoms with Gasteiger partial charge >= 0.3 is 6.03 Å². The zero-order valence-electron chi connectivity index (χ0n) is 9.43. The molecule has 0 aliphatic carbocycles. The van der Waals surface area contributed by atoms with Crippen molar-refractivity contribution in [3.63, 3.8) is 0 Å². The maximum absolute atomic E-state index is 11.6. The van der Waals surface area contributed by atoms with Crippen molar-refractivity contribution in [2.75, 3.05) is 13.7 Å². The smallest absolute Gasteiger partial charge is 0.323 e. The lowest BCUT2D eigenvalue weighted by molar-refractivity contribution is -0.104. The second-order valence-corrected chi connectivity index (χ2v) is 4.00. The van der Waals surface area contributed by atoms with E-state index in [1.165, 1.54) is 18.1 Å². The van der Waals surface area contributed by atoms with Crippen LogP contribution in [0.4, 0.5) is 4.79 Å². The molecule has 1 fully saturated rings. The van der Waals surface area contributed by atoms with Crippen LogP contribution in [0.3, 0.4) is 0 Å². The van der Waals surface area contributed by atoms with Crippen molar-refractivity contribution in [3.05, 3.63) is 11.2 Å². The molecule has 1 saturated heterocycles. The van der Waals surface area contributed by atoms with Crippen LogP contribution in [0.2, 0.25) is 0 Å². The number of urea groups is 1. The molecule has 2 N–H and O–H groups in total. The van der Waals surface area contributed by atoms with Crippen molar-refractivity contribution in [2.45, 2.75) is 25.2 Å². The average molecular weight is 263 g/mol. The van der Waals surface area contributed by atoms with Gasteiger partial charge in [0.1, 0.15) is 6.23 Å². The van der Waals surface area contributed by atoms with E-state index in [1.54, 1.807) is 0 Å². The largest absolute Gasteiger partial charge is 0.394 e. The molecule has 2 amide bonds. The van der Waals surface area contributed by atoms with Gasteiger partial charge in [0.05, 0.1) is 17.7 Å². The summed E-state index contributed by atoms with van der Waals surface area (Å²) in [5, 5.41) is 11.3. The number of aliphatic hydroxyl groups excluding tert-OH is 1. The lowest BCUT2D eigenvalue weighted by atomic mass is 10.2. The Hall–Kier alpha value is -1.11. The van der Waals surface area contributed by atoms with Crippen molar-refractivity contribution >= 4 is 23.9 Å². The fourth-order valence-corrected chi connectivity index (χ4v) is 1.70. The summed E-state index contributed by atoms with van der Waals surface area (Å²) >= 11 is 5.58. The Kier molecular flexibility index (Phi) is 5.40. The lowest BCUT2D eigenvalue weighted by Crippen LogP contribution is -2.42. The summed E-state index contributed by atoms with van der Waals surface area (Å²) in [6.45, 7) is -0.0940. The number of aliphatic hydroxyl groups is 1. The average Bonchev–Trinajstić information content (AvgIpc) is 2.83. The van der Waals surface area contributed by atoms with Crippen LogP contribution in [0, 0.1) is 0 Å². The number of nitrogens with one attached hydrogen (secondary N) is 1. The van der Waals surface area contributed by atoms with Gasteiger partial charge in [0, 0.05) is 13.2 Å². The molecule has 6 nitrogen and oxygen atoms in total. The molecule has 1 aliphatic heterocycles. The fraction of sp³-hybridized carbons (Fsp3) is 0.600. The van der Waals surface area contributed by atoms with Crippen LogP contribution < -0.4 is 5.32 Å². The van der Waals surface area contributed by atoms with Crippen LogP contribution in [0.5, 0.6) is 0 Å². The fourth-order valence-electron chi connectivity index (χ4n) is 1.59. The van der Waals surface area contributed by atoms with Gasteiger partial charge in [0.2, 0.25) is 0 Å². The van der Waals surface area contributed by atoms with Crippen molar-refractivity contribution in [1.82, 2.24) is 10.2 Å². The minimum atomic E-state index is -0.513. The molecule has 2 atom stereocenters. The highest BCUT2D eigenvalue weighted by Gasteiger charge is 2.31. The van der Waals surface area contributed by atoms with Gasteiger partial charge in [0.25, 0.3) is 0 Å². The molecule has 96 valence electrons. The predicted molar refractivity (Wildman–Crippen MR) is 61.3 cm³/mol. The number of carbonyl (C=O) groups excluding carboxylic acids is 2. The second kappa shape index (κ2) is 6.58. The molecule has 2 unspecified atom stereocenters. The molecule has 1 aliphatic rings. The van der Waals surface area contributed by atoms with Gasteiger partial charge in [-0.3, -0.25) is 9.69 Å². The number of hydrogen-bond acceptors (Lipinski definition) is 4. The summed E-state index contributed by atoms with van der Waals surface area (Å²) in [6.07, 6.45) is 2.10. The van der Waals surface area contributed by atoms with Crippen LogP contribution in [0.1, 0.15) is 12.8 Å². The standard InChI is InChI=1S/C10H15ClN2O4/c1-12-10(16)13(4-7(11)5-14)9-3-2-8(6-15)17-9/h4-5,8-9,15H,2-3,6H2,1H3,(H,12,16)/b7-4+. The van der Waals surface area contributed by atoms with E-state index in [2.05, 4.69) is 5.32 Å². The number of aldehydes is 1. The first-order valence-electron chi connectivity index (χ1n) is 5.21. The third-order valence-electron chi connectivity index (χ3n) is 2.42. The second-order valence-electron chi connectivity index (χ2n) is 3.57. The zero-order chi connectivity index (χ0) is 12.8. The van der Waals surface area contributed by atoms with Gasteiger partial charge in [-0.2, -0.15) is 0 Å². The van der Waals surface area contributed by atoms with Crippen molar-refractivity contribution < 1.29 is 19.4 Å². The minimum absolute atomic E-state index is 0.0929. The monoisotopic (exact) mass is 262 g/mol. The van der Waals surface area contributed by atoms with E-state index >= 15 is 0 Å². The molecule has 1 heterocycles. The summed E-state index contributed by atoms with van der Waals surface area (Å²) < 4.78 is 5.44. The van der Waals surface area contributed by atoms with E-state index in [1.807, 2.05) is 0 Å². The van der Waals surface area contributed by atoms with Crippen LogP contribution >= 0.6 is 11.6 Å². The first-order valence-corrected chi connectivity index (χ1v) is 5.59. The molecule has 0 aromatic rings. The van der Waals surface area contributed by atoms with E-state index in [9.17, 15) is 9.59 Å². The highest BCUT2D eigenvalue weighted by atomic mass is 35.5. The molecule has 0 aromatic heterocycles. The normalized spacial score (nSPS) is 24.5. The Morgan fingerprint density at radius 1 is 1.65 bits per heavy atom. The topological polar surface area (TPSA) is 78.9 Å². The molecule has 7 heteroatoms. The Labute approximate surface area is 104 Å². The molecule has 0 spiro atoms. The zero-order valence-corrected chi connectivity index (χ0v) is 10.2. The maximum Gasteiger partial charge on any atom is 0.323 e. The highest BCUT2D eigenvalue weighted by Crippen LogP contribution is 2.23. The molecule has 0 aromatic carbocycles. The number of carbonyl (C=O) groups is 2. The molecule has 0 saturated carbocycles. The number of nitrogens with zero attached hydrogens (tertiary/aromatic N) is 1. The third kappa shape index (κ3) is 3.69. The lowest BCUT2D eigenvalue weighted by Gasteiger charge is -2.25. The van der Waals surface area contributed by atoms with Crippen LogP contribution in [0.15, 0.2) is 11.2 Å². The van der Waals surface area contributed by atoms with Crippen LogP contribution in [-0.2, 0) is 9.53 Å². The van der Waals surface area contributed by atoms with Crippen LogP contribution in [-0.4, -0.2) is 48.3 Å². The highest BCUT2D eigenvalue weighted by molar-refractivity contribution is 6.38. The number of allylic oxidation sites excluding steroid dienone is 1. The Balaban J connectivity index is 2.77. The van der Waals surface area contributed by atoms with Crippen LogP contribution in [0.25, 0.3) is 0 Å². The van der Waals surface area contributed by atoms with Gasteiger partial charge in [-0.05, 0) is 12.8 Å². The van der Waals surface area contributed by atoms with E-state index < -0.39 is 12.3 Å². The van der Waals surface area contributed by atoms with Gasteiger partial charge in [0.15, 0.2) is 6.29 Å². The Bertz CT molecular complexity index is 321. The number of halogens is 1. The van der Waals surface area contributed by atoms with Gasteiger partial charge in [-0.1, -0.05) is 11.6 Å². The quantitative estimate of drug-likeness (QED) is 0.568. The first kappa shape index (κ1) is 14.0. The summed E-state index contributed by atoms with van der Waals surface area (Å²) in [6, 6.07) is -0.423. The number of rotatable bonds is 4. The molecular formula is C10H15ClN2O4. The molecule has 0 radical (unpaired) electrons. The summed E-state index contributed by atoms with van der Waals surface area (Å²) in [5.41, 5.74) is 0. The predicted octanol–water partition coefficient (Wildman–Crippen LogP) is 0.404. The van der Waals surface area contributed by atoms with E-state index in [0.29, 0.717) is 19.1 Å². The van der Waals surface area contributed by atoms with Crippen molar-refractivity contribution in [1.29, 1.82) is 0 Å². The van der Waals surface area contributed by atoms with E-state index in [4.69, 9.17) is 21.4 Å². The van der Waals surface area contributed by atoms with E-state index in [0.717, 1.165) is 0 Å². The molecule has 0 bridgehead atoms. The summed E-state index contributed by atoms with van der Waals surface area (Å²) in [4.78, 5) is 23.3. The third-order valence-corrected chi connectivity index (χ3v) is 2.61.